The third kappa shape index (κ3) is 4.15. The number of nitrogens with zero attached hydrogens (tertiary/aromatic N) is 2. The molecule has 0 unspecified atom stereocenters. The quantitative estimate of drug-likeness (QED) is 0.756. The van der Waals surface area contributed by atoms with E-state index in [4.69, 9.17) is 4.74 Å². The first-order valence-electron chi connectivity index (χ1n) is 8.16. The third-order valence-corrected chi connectivity index (χ3v) is 5.14. The molecule has 1 saturated heterocycles. The minimum atomic E-state index is 0.344. The smallest absolute Gasteiger partial charge is 0.0917 e. The van der Waals surface area contributed by atoms with E-state index in [1.54, 1.807) is 0 Å². The minimum Gasteiger partial charge on any atom is -0.373 e. The highest BCUT2D eigenvalue weighted by Gasteiger charge is 2.19. The molecule has 3 nitrogen and oxygen atoms in total. The van der Waals surface area contributed by atoms with Gasteiger partial charge in [-0.1, -0.05) is 13.0 Å². The maximum Gasteiger partial charge on any atom is 0.0917 e. The summed E-state index contributed by atoms with van der Waals surface area (Å²) in [7, 11) is 0. The summed E-state index contributed by atoms with van der Waals surface area (Å²) in [5.74, 6) is 0. The second-order valence-electron chi connectivity index (χ2n) is 5.88. The van der Waals surface area contributed by atoms with Gasteiger partial charge in [-0.15, -0.1) is 11.3 Å². The molecule has 118 valence electrons. The van der Waals surface area contributed by atoms with E-state index >= 15 is 0 Å². The predicted molar refractivity (Wildman–Crippen MR) is 90.9 cm³/mol. The third-order valence-electron chi connectivity index (χ3n) is 3.98. The van der Waals surface area contributed by atoms with Crippen molar-refractivity contribution in [2.45, 2.75) is 45.4 Å². The van der Waals surface area contributed by atoms with Crippen molar-refractivity contribution < 1.29 is 4.74 Å². The van der Waals surface area contributed by atoms with Crippen molar-refractivity contribution in [3.63, 3.8) is 0 Å². The van der Waals surface area contributed by atoms with Crippen LogP contribution in [0.15, 0.2) is 36.7 Å². The number of thiophene rings is 1. The van der Waals surface area contributed by atoms with Crippen LogP contribution in [0.1, 0.15) is 47.6 Å². The van der Waals surface area contributed by atoms with Gasteiger partial charge in [-0.05, 0) is 49.6 Å². The normalized spacial score (nSPS) is 18.2. The lowest BCUT2D eigenvalue weighted by Gasteiger charge is -2.20. The maximum absolute atomic E-state index is 5.79. The van der Waals surface area contributed by atoms with Crippen LogP contribution in [0.4, 0.5) is 0 Å². The summed E-state index contributed by atoms with van der Waals surface area (Å²) in [6, 6.07) is 8.69. The van der Waals surface area contributed by atoms with Gasteiger partial charge in [-0.2, -0.15) is 0 Å². The summed E-state index contributed by atoms with van der Waals surface area (Å²) in [5, 5.41) is 0. The Labute approximate surface area is 137 Å². The SMILES string of the molecule is CCCN(Cc1cccnc1)Cc1ccc([C@H]2CCCO2)s1. The second kappa shape index (κ2) is 7.86. The predicted octanol–water partition coefficient (Wildman–Crippen LogP) is 4.41. The molecule has 2 aromatic heterocycles. The van der Waals surface area contributed by atoms with Crippen LogP contribution in [0.25, 0.3) is 0 Å². The molecule has 0 N–H and O–H groups in total. The first kappa shape index (κ1) is 15.7. The van der Waals surface area contributed by atoms with Crippen LogP contribution in [0.5, 0.6) is 0 Å². The van der Waals surface area contributed by atoms with Crippen molar-refractivity contribution in [3.05, 3.63) is 52.0 Å². The average Bonchev–Trinajstić information content (AvgIpc) is 3.19. The summed E-state index contributed by atoms with van der Waals surface area (Å²) < 4.78 is 5.79. The molecule has 0 aromatic carbocycles. The molecule has 0 saturated carbocycles. The van der Waals surface area contributed by atoms with Crippen LogP contribution in [0.3, 0.4) is 0 Å². The molecule has 0 spiro atoms. The molecule has 0 amide bonds. The lowest BCUT2D eigenvalue weighted by atomic mass is 10.2. The molecule has 3 heterocycles. The van der Waals surface area contributed by atoms with Gasteiger partial charge in [-0.25, -0.2) is 0 Å². The number of hydrogen-bond donors (Lipinski definition) is 0. The number of hydrogen-bond acceptors (Lipinski definition) is 4. The molecular weight excluding hydrogens is 292 g/mol. The highest BCUT2D eigenvalue weighted by atomic mass is 32.1. The number of pyridine rings is 1. The van der Waals surface area contributed by atoms with Crippen molar-refractivity contribution in [1.29, 1.82) is 0 Å². The first-order chi connectivity index (χ1) is 10.8. The van der Waals surface area contributed by atoms with Gasteiger partial charge in [0.05, 0.1) is 6.10 Å². The Balaban J connectivity index is 1.63. The van der Waals surface area contributed by atoms with Gasteiger partial charge in [0, 0.05) is 41.8 Å². The van der Waals surface area contributed by atoms with E-state index in [9.17, 15) is 0 Å². The van der Waals surface area contributed by atoms with Crippen LogP contribution in [0.2, 0.25) is 0 Å². The van der Waals surface area contributed by atoms with Crippen LogP contribution in [-0.4, -0.2) is 23.0 Å². The van der Waals surface area contributed by atoms with Gasteiger partial charge in [0.1, 0.15) is 0 Å². The van der Waals surface area contributed by atoms with Crippen molar-refractivity contribution in [3.8, 4) is 0 Å². The second-order valence-corrected chi connectivity index (χ2v) is 7.08. The average molecular weight is 316 g/mol. The molecule has 1 aliphatic rings. The summed E-state index contributed by atoms with van der Waals surface area (Å²) in [4.78, 5) is 9.55. The molecule has 1 atom stereocenters. The number of ether oxygens (including phenoxy) is 1. The van der Waals surface area contributed by atoms with E-state index in [0.29, 0.717) is 6.10 Å². The van der Waals surface area contributed by atoms with Crippen LogP contribution in [-0.2, 0) is 17.8 Å². The van der Waals surface area contributed by atoms with Crippen LogP contribution >= 0.6 is 11.3 Å². The van der Waals surface area contributed by atoms with E-state index < -0.39 is 0 Å². The van der Waals surface area contributed by atoms with Crippen LogP contribution in [0, 0.1) is 0 Å². The zero-order valence-corrected chi connectivity index (χ0v) is 14.0. The molecule has 3 rings (SSSR count). The van der Waals surface area contributed by atoms with Crippen molar-refractivity contribution in [1.82, 2.24) is 9.88 Å². The number of aromatic nitrogens is 1. The number of rotatable bonds is 7. The Morgan fingerprint density at radius 2 is 2.27 bits per heavy atom. The highest BCUT2D eigenvalue weighted by Crippen LogP contribution is 2.33. The standard InChI is InChI=1S/C18H24N2OS/c1-2-10-20(13-15-5-3-9-19-12-15)14-16-7-8-18(22-16)17-6-4-11-21-17/h3,5,7-9,12,17H,2,4,6,10-11,13-14H2,1H3/t17-/m1/s1. The largest absolute Gasteiger partial charge is 0.373 e. The molecule has 0 aliphatic carbocycles. The summed E-state index contributed by atoms with van der Waals surface area (Å²) in [5.41, 5.74) is 1.28. The topological polar surface area (TPSA) is 25.4 Å². The molecule has 1 fully saturated rings. The minimum absolute atomic E-state index is 0.344. The molecule has 1 aliphatic heterocycles. The van der Waals surface area contributed by atoms with Gasteiger partial charge >= 0.3 is 0 Å². The molecule has 22 heavy (non-hydrogen) atoms. The first-order valence-corrected chi connectivity index (χ1v) is 8.98. The summed E-state index contributed by atoms with van der Waals surface area (Å²) >= 11 is 1.91. The fourth-order valence-electron chi connectivity index (χ4n) is 2.96. The van der Waals surface area contributed by atoms with E-state index in [1.165, 1.54) is 34.6 Å². The van der Waals surface area contributed by atoms with Crippen molar-refractivity contribution in [2.75, 3.05) is 13.2 Å². The summed E-state index contributed by atoms with van der Waals surface area (Å²) in [6.07, 6.45) is 7.69. The Morgan fingerprint density at radius 3 is 3.00 bits per heavy atom. The molecule has 0 radical (unpaired) electrons. The highest BCUT2D eigenvalue weighted by molar-refractivity contribution is 7.12. The molecule has 4 heteroatoms. The maximum atomic E-state index is 5.79. The monoisotopic (exact) mass is 316 g/mol. The lowest BCUT2D eigenvalue weighted by molar-refractivity contribution is 0.114. The van der Waals surface area contributed by atoms with Gasteiger partial charge in [0.15, 0.2) is 0 Å². The van der Waals surface area contributed by atoms with Gasteiger partial charge in [0.25, 0.3) is 0 Å². The Bertz CT molecular complexity index is 563. The van der Waals surface area contributed by atoms with Gasteiger partial charge in [-0.3, -0.25) is 9.88 Å². The van der Waals surface area contributed by atoms with Gasteiger partial charge in [0.2, 0.25) is 0 Å². The fourth-order valence-corrected chi connectivity index (χ4v) is 4.09. The summed E-state index contributed by atoms with van der Waals surface area (Å²) in [6.45, 7) is 6.25. The lowest BCUT2D eigenvalue weighted by Crippen LogP contribution is -2.23. The van der Waals surface area contributed by atoms with E-state index in [1.807, 2.05) is 29.8 Å². The Kier molecular flexibility index (Phi) is 5.59. The fraction of sp³-hybridized carbons (Fsp3) is 0.500. The molecule has 0 bridgehead atoms. The molecule has 2 aromatic rings. The zero-order valence-electron chi connectivity index (χ0n) is 13.2. The van der Waals surface area contributed by atoms with Crippen molar-refractivity contribution >= 4 is 11.3 Å². The zero-order chi connectivity index (χ0) is 15.2. The Hall–Kier alpha value is -1.23. The van der Waals surface area contributed by atoms with E-state index in [-0.39, 0.29) is 0 Å². The Morgan fingerprint density at radius 1 is 1.32 bits per heavy atom. The van der Waals surface area contributed by atoms with Crippen LogP contribution < -0.4 is 0 Å². The van der Waals surface area contributed by atoms with E-state index in [0.717, 1.165) is 26.2 Å². The van der Waals surface area contributed by atoms with E-state index in [2.05, 4.69) is 35.0 Å². The van der Waals surface area contributed by atoms with Crippen molar-refractivity contribution in [2.24, 2.45) is 0 Å². The molecular formula is C18H24N2OS. The van der Waals surface area contributed by atoms with Gasteiger partial charge < -0.3 is 4.74 Å².